The molecule has 3 aliphatic rings. The lowest BCUT2D eigenvalue weighted by Gasteiger charge is -2.51. The minimum Gasteiger partial charge on any atom is -0.469 e. The second-order valence-corrected chi connectivity index (χ2v) is 20.2. The number of carbonyl (C=O) groups is 2. The Labute approximate surface area is 456 Å². The SMILES string of the molecule is COC(=O)CCCCCCCCO[C@@H]1O[C@H](COCc2ccccc2)[C@@H](O[C@@H]2O[C@H](CCl)[C@H](Cl)[C@H](O)[C@H]2O)[C@H](O[C@@H]2O[C@@H](C)[C@@H](OCc3ccccc3)[C@@H](OCc3ccccc3)[C@@H]2OCc2ccccc2)[C@H]1NC(C)=O. The average Bonchev–Trinajstić information content (AvgIpc) is 3.50. The fourth-order valence-corrected chi connectivity index (χ4v) is 10.2. The molecule has 0 bridgehead atoms. The van der Waals surface area contributed by atoms with E-state index in [4.69, 9.17) is 75.3 Å². The smallest absolute Gasteiger partial charge is 0.305 e. The maximum atomic E-state index is 13.5. The number of methoxy groups -OCH3 is 1. The number of amides is 1. The van der Waals surface area contributed by atoms with Gasteiger partial charge in [-0.05, 0) is 42.0 Å². The van der Waals surface area contributed by atoms with Gasteiger partial charge in [0.2, 0.25) is 5.91 Å². The summed E-state index contributed by atoms with van der Waals surface area (Å²) < 4.78 is 72.4. The van der Waals surface area contributed by atoms with Crippen molar-refractivity contribution in [2.24, 2.45) is 0 Å². The number of halogens is 2. The van der Waals surface area contributed by atoms with E-state index in [9.17, 15) is 19.8 Å². The molecule has 3 saturated heterocycles. The highest BCUT2D eigenvalue weighted by Gasteiger charge is 2.56. The minimum atomic E-state index is -1.65. The van der Waals surface area contributed by atoms with E-state index in [0.29, 0.717) is 12.8 Å². The highest BCUT2D eigenvalue weighted by Crippen LogP contribution is 2.37. The fourth-order valence-electron chi connectivity index (χ4n) is 9.56. The Morgan fingerprint density at radius 1 is 0.566 bits per heavy atom. The van der Waals surface area contributed by atoms with Crippen LogP contribution in [-0.2, 0) is 88.1 Å². The number of rotatable bonds is 29. The molecule has 16 nitrogen and oxygen atoms in total. The van der Waals surface area contributed by atoms with Crippen LogP contribution >= 0.6 is 23.2 Å². The van der Waals surface area contributed by atoms with Crippen molar-refractivity contribution in [1.82, 2.24) is 5.32 Å². The molecule has 3 fully saturated rings. The third kappa shape index (κ3) is 17.7. The van der Waals surface area contributed by atoms with Crippen LogP contribution in [0.25, 0.3) is 0 Å². The number of benzene rings is 4. The van der Waals surface area contributed by atoms with Crippen molar-refractivity contribution in [3.05, 3.63) is 144 Å². The molecular weight excluding hydrogens is 1020 g/mol. The second-order valence-electron chi connectivity index (χ2n) is 19.4. The van der Waals surface area contributed by atoms with Gasteiger partial charge < -0.3 is 67.6 Å². The van der Waals surface area contributed by atoms with Gasteiger partial charge >= 0.3 is 5.97 Å². The van der Waals surface area contributed by atoms with Crippen LogP contribution in [0.15, 0.2) is 121 Å². The van der Waals surface area contributed by atoms with Crippen molar-refractivity contribution in [3.8, 4) is 0 Å². The molecule has 416 valence electrons. The van der Waals surface area contributed by atoms with Gasteiger partial charge in [-0.15, -0.1) is 23.2 Å². The molecule has 1 amide bonds. The molecule has 3 aliphatic heterocycles. The average molecular weight is 1100 g/mol. The largest absolute Gasteiger partial charge is 0.469 e. The molecule has 7 rings (SSSR count). The van der Waals surface area contributed by atoms with Crippen molar-refractivity contribution in [2.75, 3.05) is 26.2 Å². The zero-order valence-electron chi connectivity index (χ0n) is 43.6. The van der Waals surface area contributed by atoms with E-state index in [-0.39, 0.29) is 51.5 Å². The third-order valence-electron chi connectivity index (χ3n) is 13.6. The van der Waals surface area contributed by atoms with Crippen LogP contribution in [-0.4, -0.2) is 140 Å². The summed E-state index contributed by atoms with van der Waals surface area (Å²) >= 11 is 12.9. The van der Waals surface area contributed by atoms with Gasteiger partial charge in [0.1, 0.15) is 54.9 Å². The normalized spacial score (nSPS) is 29.6. The zero-order valence-corrected chi connectivity index (χ0v) is 45.1. The molecule has 18 heteroatoms. The van der Waals surface area contributed by atoms with Crippen LogP contribution in [0, 0.1) is 0 Å². The first-order valence-electron chi connectivity index (χ1n) is 26.4. The van der Waals surface area contributed by atoms with E-state index in [1.165, 1.54) is 14.0 Å². The molecule has 3 heterocycles. The minimum absolute atomic E-state index is 0.0891. The molecule has 4 aromatic rings. The van der Waals surface area contributed by atoms with Gasteiger partial charge in [0.15, 0.2) is 18.9 Å². The number of ether oxygens (including phenoxy) is 11. The number of carbonyl (C=O) groups excluding carboxylic acids is 2. The molecule has 76 heavy (non-hydrogen) atoms. The number of hydrogen-bond acceptors (Lipinski definition) is 15. The summed E-state index contributed by atoms with van der Waals surface area (Å²) in [5.41, 5.74) is 3.66. The van der Waals surface area contributed by atoms with Crippen LogP contribution < -0.4 is 5.32 Å². The first kappa shape index (κ1) is 59.6. The van der Waals surface area contributed by atoms with Gasteiger partial charge in [-0.2, -0.15) is 0 Å². The maximum Gasteiger partial charge on any atom is 0.305 e. The number of aliphatic hydroxyl groups is 2. The summed E-state index contributed by atoms with van der Waals surface area (Å²) in [5, 5.41) is 24.8. The van der Waals surface area contributed by atoms with Gasteiger partial charge in [-0.3, -0.25) is 9.59 Å². The Kier molecular flexibility index (Phi) is 24.7. The lowest BCUT2D eigenvalue weighted by atomic mass is 9.94. The Morgan fingerprint density at radius 3 is 1.62 bits per heavy atom. The van der Waals surface area contributed by atoms with Crippen LogP contribution in [0.5, 0.6) is 0 Å². The summed E-state index contributed by atoms with van der Waals surface area (Å²) in [5.74, 6) is -0.762. The summed E-state index contributed by atoms with van der Waals surface area (Å²) in [6, 6.07) is 37.8. The second kappa shape index (κ2) is 31.5. The van der Waals surface area contributed by atoms with Crippen molar-refractivity contribution in [2.45, 2.75) is 177 Å². The Morgan fingerprint density at radius 2 is 1.07 bits per heavy atom. The summed E-state index contributed by atoms with van der Waals surface area (Å²) in [6.45, 7) is 4.21. The molecule has 3 N–H and O–H groups in total. The van der Waals surface area contributed by atoms with Gasteiger partial charge in [0.25, 0.3) is 0 Å². The summed E-state index contributed by atoms with van der Waals surface area (Å²) in [6.07, 6.45) is -9.21. The van der Waals surface area contributed by atoms with Crippen molar-refractivity contribution in [3.63, 3.8) is 0 Å². The van der Waals surface area contributed by atoms with Crippen LogP contribution in [0.4, 0.5) is 0 Å². The zero-order chi connectivity index (χ0) is 53.7. The van der Waals surface area contributed by atoms with Gasteiger partial charge in [0.05, 0.1) is 63.6 Å². The molecule has 0 radical (unpaired) electrons. The molecule has 0 saturated carbocycles. The maximum absolute atomic E-state index is 13.5. The van der Waals surface area contributed by atoms with Crippen molar-refractivity contribution >= 4 is 35.1 Å². The Bertz CT molecular complexity index is 2260. The van der Waals surface area contributed by atoms with E-state index in [0.717, 1.165) is 54.4 Å². The molecule has 0 spiro atoms. The first-order chi connectivity index (χ1) is 37.0. The van der Waals surface area contributed by atoms with Gasteiger partial charge in [-0.1, -0.05) is 147 Å². The highest BCUT2D eigenvalue weighted by molar-refractivity contribution is 6.23. The molecule has 0 aromatic heterocycles. The first-order valence-corrected chi connectivity index (χ1v) is 27.4. The Balaban J connectivity index is 1.25. The third-order valence-corrected chi connectivity index (χ3v) is 14.5. The molecular formula is C58H75Cl2NO15. The number of hydrogen-bond donors (Lipinski definition) is 3. The lowest BCUT2D eigenvalue weighted by molar-refractivity contribution is -0.374. The molecule has 0 unspecified atom stereocenters. The quantitative estimate of drug-likeness (QED) is 0.0270. The number of alkyl halides is 2. The van der Waals surface area contributed by atoms with Gasteiger partial charge in [0, 0.05) is 20.0 Å². The fraction of sp³-hybridized carbons (Fsp3) is 0.552. The van der Waals surface area contributed by atoms with E-state index < -0.39 is 97.2 Å². The van der Waals surface area contributed by atoms with Gasteiger partial charge in [-0.25, -0.2) is 0 Å². The number of aliphatic hydroxyl groups excluding tert-OH is 2. The predicted molar refractivity (Wildman–Crippen MR) is 283 cm³/mol. The summed E-state index contributed by atoms with van der Waals surface area (Å²) in [4.78, 5) is 25.1. The standard InChI is InChI=1S/C58H75Cl2NO15/c1-38-51(69-34-41-24-14-9-15-25-41)54(70-35-42-26-16-10-17-27-42)55(71-36-43-28-18-11-19-29-43)58(72-38)76-53-48(61-39(2)62)56(68-31-21-7-5-4-6-20-30-46(63)66-3)74-45(37-67-33-40-22-12-8-13-23-40)52(53)75-57-50(65)49(64)47(60)44(32-59)73-57/h8-19,22-29,38,44-45,47-58,64-65H,4-7,20-21,30-37H2,1-3H3,(H,61,62)/t38-,44+,45+,47-,48+,49-,50+,51+,52+,53+,54+,55-,56+,57-,58-/m0/s1. The van der Waals surface area contributed by atoms with Crippen molar-refractivity contribution in [1.29, 1.82) is 0 Å². The van der Waals surface area contributed by atoms with E-state index in [1.54, 1.807) is 0 Å². The van der Waals surface area contributed by atoms with Crippen molar-refractivity contribution < 1.29 is 71.9 Å². The van der Waals surface area contributed by atoms with E-state index in [2.05, 4.69) is 5.32 Å². The van der Waals surface area contributed by atoms with Crippen LogP contribution in [0.3, 0.4) is 0 Å². The summed E-state index contributed by atoms with van der Waals surface area (Å²) in [7, 11) is 1.39. The van der Waals surface area contributed by atoms with Crippen LogP contribution in [0.1, 0.15) is 81.0 Å². The number of nitrogens with one attached hydrogen (secondary N) is 1. The Hall–Kier alpha value is -4.08. The molecule has 0 aliphatic carbocycles. The topological polar surface area (TPSA) is 188 Å². The van der Waals surface area contributed by atoms with Crippen LogP contribution in [0.2, 0.25) is 0 Å². The predicted octanol–water partition coefficient (Wildman–Crippen LogP) is 7.92. The van der Waals surface area contributed by atoms with E-state index in [1.807, 2.05) is 128 Å². The monoisotopic (exact) mass is 1100 g/mol. The number of esters is 1. The molecule has 15 atom stereocenters. The highest BCUT2D eigenvalue weighted by atomic mass is 35.5. The lowest BCUT2D eigenvalue weighted by Crippen LogP contribution is -2.70. The van der Waals surface area contributed by atoms with E-state index >= 15 is 0 Å². The molecule has 4 aromatic carbocycles. The number of unbranched alkanes of at least 4 members (excludes halogenated alkanes) is 5.